The summed E-state index contributed by atoms with van der Waals surface area (Å²) >= 11 is 1.10. The second-order valence-electron chi connectivity index (χ2n) is 7.74. The molecule has 0 aliphatic carbocycles. The van der Waals surface area contributed by atoms with Crippen LogP contribution in [0.1, 0.15) is 22.8 Å². The summed E-state index contributed by atoms with van der Waals surface area (Å²) in [6.07, 6.45) is 0. The smallest absolute Gasteiger partial charge is 0.278 e. The number of anilines is 2. The van der Waals surface area contributed by atoms with Crippen molar-refractivity contribution in [1.82, 2.24) is 15.2 Å². The first-order chi connectivity index (χ1) is 16.9. The summed E-state index contributed by atoms with van der Waals surface area (Å²) in [4.78, 5) is 40.7. The van der Waals surface area contributed by atoms with Gasteiger partial charge in [0.1, 0.15) is 0 Å². The van der Waals surface area contributed by atoms with E-state index < -0.39 is 10.8 Å². The zero-order chi connectivity index (χ0) is 24.8. The Morgan fingerprint density at radius 3 is 2.23 bits per heavy atom. The third-order valence-corrected chi connectivity index (χ3v) is 6.18. The molecule has 0 unspecified atom stereocenters. The number of hydrogen-bond donors (Lipinski definition) is 3. The van der Waals surface area contributed by atoms with Crippen LogP contribution in [0.2, 0.25) is 0 Å². The fraction of sp³-hybridized carbons (Fsp3) is 0.115. The van der Waals surface area contributed by atoms with Crippen molar-refractivity contribution in [3.05, 3.63) is 100 Å². The molecular formula is C26H23N5O3S. The summed E-state index contributed by atoms with van der Waals surface area (Å²) in [5, 5.41) is 13.6. The number of nitrogens with one attached hydrogen (secondary N) is 3. The number of amides is 2. The highest BCUT2D eigenvalue weighted by atomic mass is 32.2. The maximum absolute atomic E-state index is 12.9. The minimum atomic E-state index is -0.525. The number of benzene rings is 3. The van der Waals surface area contributed by atoms with Gasteiger partial charge in [0.2, 0.25) is 5.91 Å². The Bertz CT molecular complexity index is 1420. The van der Waals surface area contributed by atoms with E-state index in [1.165, 1.54) is 0 Å². The maximum Gasteiger partial charge on any atom is 0.278 e. The number of aromatic amines is 1. The molecule has 1 heterocycles. The topological polar surface area (TPSA) is 117 Å². The second kappa shape index (κ2) is 10.8. The monoisotopic (exact) mass is 485 g/mol. The molecule has 4 rings (SSSR count). The van der Waals surface area contributed by atoms with Crippen molar-refractivity contribution in [3.63, 3.8) is 0 Å². The minimum absolute atomic E-state index is 0.0651. The molecule has 0 saturated carbocycles. The number of hydrogen-bond acceptors (Lipinski definition) is 6. The van der Waals surface area contributed by atoms with Gasteiger partial charge >= 0.3 is 0 Å². The third kappa shape index (κ3) is 5.82. The largest absolute Gasteiger partial charge is 0.325 e. The van der Waals surface area contributed by atoms with Crippen molar-refractivity contribution < 1.29 is 9.59 Å². The van der Waals surface area contributed by atoms with Gasteiger partial charge in [-0.2, -0.15) is 0 Å². The van der Waals surface area contributed by atoms with Crippen LogP contribution in [0, 0.1) is 6.92 Å². The van der Waals surface area contributed by atoms with Crippen LogP contribution in [-0.4, -0.2) is 32.2 Å². The van der Waals surface area contributed by atoms with E-state index in [9.17, 15) is 14.4 Å². The Kier molecular flexibility index (Phi) is 7.37. The molecule has 0 fully saturated rings. The highest BCUT2D eigenvalue weighted by Crippen LogP contribution is 2.25. The summed E-state index contributed by atoms with van der Waals surface area (Å²) in [7, 11) is 0. The average Bonchev–Trinajstić information content (AvgIpc) is 2.86. The van der Waals surface area contributed by atoms with Gasteiger partial charge < -0.3 is 10.6 Å². The Labute approximate surface area is 206 Å². The van der Waals surface area contributed by atoms with Gasteiger partial charge in [-0.25, -0.2) is 0 Å². The van der Waals surface area contributed by atoms with Crippen molar-refractivity contribution in [2.24, 2.45) is 0 Å². The first-order valence-electron chi connectivity index (χ1n) is 10.9. The van der Waals surface area contributed by atoms with E-state index >= 15 is 0 Å². The van der Waals surface area contributed by atoms with E-state index in [0.717, 1.165) is 23.0 Å². The van der Waals surface area contributed by atoms with Gasteiger partial charge in [0, 0.05) is 16.8 Å². The lowest BCUT2D eigenvalue weighted by Crippen LogP contribution is -2.24. The van der Waals surface area contributed by atoms with Gasteiger partial charge in [-0.05, 0) is 43.7 Å². The van der Waals surface area contributed by atoms with Crippen molar-refractivity contribution in [2.75, 3.05) is 10.6 Å². The van der Waals surface area contributed by atoms with E-state index in [1.54, 1.807) is 55.5 Å². The number of aryl methyl sites for hydroxylation is 1. The predicted octanol–water partition coefficient (Wildman–Crippen LogP) is 4.51. The van der Waals surface area contributed by atoms with Crippen molar-refractivity contribution in [1.29, 1.82) is 0 Å². The molecule has 0 radical (unpaired) electrons. The molecule has 0 spiro atoms. The molecule has 1 aromatic heterocycles. The zero-order valence-electron chi connectivity index (χ0n) is 19.1. The lowest BCUT2D eigenvalue weighted by molar-refractivity contribution is -0.115. The summed E-state index contributed by atoms with van der Waals surface area (Å²) in [6, 6.07) is 23.1. The van der Waals surface area contributed by atoms with Crippen LogP contribution in [0.3, 0.4) is 0 Å². The summed E-state index contributed by atoms with van der Waals surface area (Å²) in [5.41, 5.74) is 2.64. The molecule has 0 aliphatic rings. The van der Waals surface area contributed by atoms with Gasteiger partial charge in [-0.1, -0.05) is 66.4 Å². The second-order valence-corrected chi connectivity index (χ2v) is 9.07. The van der Waals surface area contributed by atoms with E-state index in [2.05, 4.69) is 25.8 Å². The molecule has 3 aromatic carbocycles. The molecule has 176 valence electrons. The maximum atomic E-state index is 12.9. The highest BCUT2D eigenvalue weighted by molar-refractivity contribution is 8.00. The molecule has 1 atom stereocenters. The molecule has 9 heteroatoms. The number of aromatic nitrogens is 3. The molecule has 4 aromatic rings. The molecule has 3 N–H and O–H groups in total. The average molecular weight is 486 g/mol. The number of H-pyrrole nitrogens is 1. The van der Waals surface area contributed by atoms with E-state index in [1.807, 2.05) is 37.3 Å². The SMILES string of the molecule is Cc1ccccc1NC(=O)[C@H](C)Sc1nnc(-c2ccccc2NC(=O)c2ccccc2)c(=O)[nH]1. The first kappa shape index (κ1) is 23.9. The first-order valence-corrected chi connectivity index (χ1v) is 11.8. The lowest BCUT2D eigenvalue weighted by Gasteiger charge is -2.13. The normalized spacial score (nSPS) is 11.5. The Morgan fingerprint density at radius 1 is 0.857 bits per heavy atom. The van der Waals surface area contributed by atoms with E-state index in [-0.39, 0.29) is 22.7 Å². The Morgan fingerprint density at radius 2 is 1.51 bits per heavy atom. The van der Waals surface area contributed by atoms with Crippen molar-refractivity contribution >= 4 is 35.0 Å². The molecule has 8 nitrogen and oxygen atoms in total. The van der Waals surface area contributed by atoms with Gasteiger partial charge in [-0.3, -0.25) is 19.4 Å². The molecule has 0 saturated heterocycles. The van der Waals surface area contributed by atoms with Crippen LogP contribution >= 0.6 is 11.8 Å². The highest BCUT2D eigenvalue weighted by Gasteiger charge is 2.19. The number of para-hydroxylation sites is 2. The molecular weight excluding hydrogens is 462 g/mol. The number of nitrogens with zero attached hydrogens (tertiary/aromatic N) is 2. The minimum Gasteiger partial charge on any atom is -0.325 e. The van der Waals surface area contributed by atoms with E-state index in [4.69, 9.17) is 0 Å². The van der Waals surface area contributed by atoms with Crippen molar-refractivity contribution in [2.45, 2.75) is 24.3 Å². The molecule has 2 amide bonds. The third-order valence-electron chi connectivity index (χ3n) is 5.20. The van der Waals surface area contributed by atoms with Crippen LogP contribution in [-0.2, 0) is 4.79 Å². The van der Waals surface area contributed by atoms with E-state index in [0.29, 0.717) is 16.8 Å². The van der Waals surface area contributed by atoms with Crippen LogP contribution < -0.4 is 16.2 Å². The van der Waals surface area contributed by atoms with Crippen molar-refractivity contribution in [3.8, 4) is 11.3 Å². The number of carbonyl (C=O) groups is 2. The Balaban J connectivity index is 1.50. The number of thioether (sulfide) groups is 1. The standard InChI is InChI=1S/C26H23N5O3S/c1-16-10-6-8-14-20(16)27-23(32)17(2)35-26-29-25(34)22(30-31-26)19-13-7-9-15-21(19)28-24(33)18-11-4-3-5-12-18/h3-15,17H,1-2H3,(H,27,32)(H,28,33)(H,29,31,34)/t17-/m0/s1. The fourth-order valence-electron chi connectivity index (χ4n) is 3.30. The van der Waals surface area contributed by atoms with Gasteiger partial charge in [-0.15, -0.1) is 10.2 Å². The van der Waals surface area contributed by atoms with Crippen LogP contribution in [0.15, 0.2) is 88.8 Å². The molecule has 0 aliphatic heterocycles. The van der Waals surface area contributed by atoms with Gasteiger partial charge in [0.15, 0.2) is 10.9 Å². The van der Waals surface area contributed by atoms with Crippen LogP contribution in [0.4, 0.5) is 11.4 Å². The summed E-state index contributed by atoms with van der Waals surface area (Å²) < 4.78 is 0. The molecule has 0 bridgehead atoms. The van der Waals surface area contributed by atoms with Crippen LogP contribution in [0.25, 0.3) is 11.3 Å². The lowest BCUT2D eigenvalue weighted by atomic mass is 10.1. The summed E-state index contributed by atoms with van der Waals surface area (Å²) in [5.74, 6) is -0.520. The van der Waals surface area contributed by atoms with Gasteiger partial charge in [0.25, 0.3) is 11.5 Å². The summed E-state index contributed by atoms with van der Waals surface area (Å²) in [6.45, 7) is 3.63. The number of carbonyl (C=O) groups excluding carboxylic acids is 2. The quantitative estimate of drug-likeness (QED) is 0.332. The van der Waals surface area contributed by atoms with Crippen LogP contribution in [0.5, 0.6) is 0 Å². The molecule has 35 heavy (non-hydrogen) atoms. The van der Waals surface area contributed by atoms with Gasteiger partial charge in [0.05, 0.1) is 10.9 Å². The predicted molar refractivity (Wildman–Crippen MR) is 138 cm³/mol. The zero-order valence-corrected chi connectivity index (χ0v) is 19.9. The Hall–Kier alpha value is -4.24. The number of rotatable bonds is 7. The fourth-order valence-corrected chi connectivity index (χ4v) is 4.04.